The molecule has 156 valence electrons. The van der Waals surface area contributed by atoms with Crippen LogP contribution in [0.1, 0.15) is 17.1 Å². The zero-order valence-corrected chi connectivity index (χ0v) is 18.6. The van der Waals surface area contributed by atoms with Gasteiger partial charge in [0.1, 0.15) is 22.2 Å². The first kappa shape index (κ1) is 19.8. The first-order valence-electron chi connectivity index (χ1n) is 9.61. The van der Waals surface area contributed by atoms with E-state index >= 15 is 0 Å². The zero-order chi connectivity index (χ0) is 21.7. The highest BCUT2D eigenvalue weighted by atomic mass is 35.5. The molecule has 0 unspecified atom stereocenters. The Labute approximate surface area is 188 Å². The van der Waals surface area contributed by atoms with E-state index in [1.165, 1.54) is 0 Å². The molecule has 0 aliphatic heterocycles. The average molecular weight is 453 g/mol. The van der Waals surface area contributed by atoms with Gasteiger partial charge in [-0.15, -0.1) is 0 Å². The van der Waals surface area contributed by atoms with Crippen LogP contribution in [0.5, 0.6) is 5.75 Å². The fourth-order valence-electron chi connectivity index (χ4n) is 3.70. The van der Waals surface area contributed by atoms with Crippen LogP contribution in [0, 0.1) is 13.8 Å². The van der Waals surface area contributed by atoms with E-state index in [9.17, 15) is 0 Å². The molecule has 9 heteroatoms. The van der Waals surface area contributed by atoms with Crippen LogP contribution in [0.15, 0.2) is 36.7 Å². The van der Waals surface area contributed by atoms with Gasteiger partial charge >= 0.3 is 0 Å². The largest absolute Gasteiger partial charge is 0.496 e. The first-order valence-corrected chi connectivity index (χ1v) is 10.4. The van der Waals surface area contributed by atoms with Gasteiger partial charge in [-0.25, -0.2) is 9.97 Å². The van der Waals surface area contributed by atoms with E-state index in [0.717, 1.165) is 50.4 Å². The van der Waals surface area contributed by atoms with E-state index < -0.39 is 0 Å². The second-order valence-electron chi connectivity index (χ2n) is 7.34. The normalized spacial score (nSPS) is 11.5. The fraction of sp³-hybridized carbons (Fsp3) is 0.182. The maximum absolute atomic E-state index is 6.58. The van der Waals surface area contributed by atoms with Crippen LogP contribution in [-0.2, 0) is 6.54 Å². The maximum Gasteiger partial charge on any atom is 0.179 e. The summed E-state index contributed by atoms with van der Waals surface area (Å²) < 4.78 is 7.33. The van der Waals surface area contributed by atoms with Gasteiger partial charge in [-0.2, -0.15) is 5.10 Å². The minimum atomic E-state index is 0.409. The lowest BCUT2D eigenvalue weighted by Gasteiger charge is -2.11. The Bertz CT molecular complexity index is 1460. The van der Waals surface area contributed by atoms with Gasteiger partial charge in [-0.05, 0) is 43.7 Å². The van der Waals surface area contributed by atoms with Crippen LogP contribution >= 0.6 is 23.2 Å². The van der Waals surface area contributed by atoms with Gasteiger partial charge in [0.05, 0.1) is 24.9 Å². The van der Waals surface area contributed by atoms with E-state index in [1.54, 1.807) is 13.2 Å². The summed E-state index contributed by atoms with van der Waals surface area (Å²) in [4.78, 5) is 16.6. The molecule has 0 radical (unpaired) electrons. The summed E-state index contributed by atoms with van der Waals surface area (Å²) in [6.07, 6.45) is 3.81. The Balaban J connectivity index is 1.60. The standard InChI is InChI=1S/C22H18Cl2N6O/c1-11-6-16(23)13(7-18(11)31-3)14-8-25-12(2)21-15(14)9-30(29-21)10-20-26-17-4-5-19(24)27-22(17)28-20/h4-9H,10H2,1-3H3,(H,26,27,28). The molecule has 0 atom stereocenters. The molecule has 4 heterocycles. The quantitative estimate of drug-likeness (QED) is 0.371. The molecule has 0 aliphatic rings. The molecular weight excluding hydrogens is 435 g/mol. The molecular formula is C22H18Cl2N6O. The molecule has 4 aromatic heterocycles. The van der Waals surface area contributed by atoms with Gasteiger partial charge in [0.15, 0.2) is 5.65 Å². The summed E-state index contributed by atoms with van der Waals surface area (Å²) in [5.74, 6) is 1.51. The Morgan fingerprint density at radius 2 is 1.94 bits per heavy atom. The van der Waals surface area contributed by atoms with Gasteiger partial charge in [0.25, 0.3) is 0 Å². The summed E-state index contributed by atoms with van der Waals surface area (Å²) in [5, 5.41) is 6.75. The van der Waals surface area contributed by atoms with Crippen molar-refractivity contribution in [3.63, 3.8) is 0 Å². The van der Waals surface area contributed by atoms with Crippen LogP contribution < -0.4 is 4.74 Å². The van der Waals surface area contributed by atoms with E-state index in [1.807, 2.05) is 49.1 Å². The molecule has 5 rings (SSSR count). The highest BCUT2D eigenvalue weighted by Gasteiger charge is 2.16. The number of imidazole rings is 1. The molecule has 0 amide bonds. The summed E-state index contributed by atoms with van der Waals surface area (Å²) in [7, 11) is 1.65. The molecule has 0 saturated heterocycles. The number of rotatable bonds is 4. The van der Waals surface area contributed by atoms with Gasteiger partial charge in [0, 0.05) is 33.9 Å². The number of hydrogen-bond acceptors (Lipinski definition) is 5. The molecule has 31 heavy (non-hydrogen) atoms. The van der Waals surface area contributed by atoms with Crippen molar-refractivity contribution in [1.29, 1.82) is 0 Å². The molecule has 0 spiro atoms. The Kier molecular flexibility index (Phi) is 4.79. The third-order valence-electron chi connectivity index (χ3n) is 5.23. The number of pyridine rings is 2. The van der Waals surface area contributed by atoms with Crippen LogP contribution in [0.25, 0.3) is 33.2 Å². The van der Waals surface area contributed by atoms with Crippen LogP contribution in [0.4, 0.5) is 0 Å². The topological polar surface area (TPSA) is 81.5 Å². The number of aromatic nitrogens is 6. The van der Waals surface area contributed by atoms with E-state index in [4.69, 9.17) is 33.0 Å². The number of halogens is 2. The lowest BCUT2D eigenvalue weighted by atomic mass is 10.0. The molecule has 5 aromatic rings. The van der Waals surface area contributed by atoms with Crippen LogP contribution in [-0.4, -0.2) is 36.8 Å². The monoisotopic (exact) mass is 452 g/mol. The van der Waals surface area contributed by atoms with Crippen molar-refractivity contribution in [3.8, 4) is 16.9 Å². The molecule has 0 bridgehead atoms. The lowest BCUT2D eigenvalue weighted by molar-refractivity contribution is 0.412. The minimum absolute atomic E-state index is 0.409. The van der Waals surface area contributed by atoms with E-state index in [0.29, 0.717) is 22.4 Å². The number of nitrogens with zero attached hydrogens (tertiary/aromatic N) is 5. The van der Waals surface area contributed by atoms with Crippen molar-refractivity contribution in [2.45, 2.75) is 20.4 Å². The summed E-state index contributed by atoms with van der Waals surface area (Å²) in [5.41, 5.74) is 5.78. The molecule has 0 aliphatic carbocycles. The Morgan fingerprint density at radius 1 is 1.10 bits per heavy atom. The van der Waals surface area contributed by atoms with E-state index in [2.05, 4.69) is 19.9 Å². The predicted octanol–water partition coefficient (Wildman–Crippen LogP) is 5.35. The zero-order valence-electron chi connectivity index (χ0n) is 17.1. The SMILES string of the molecule is COc1cc(-c2cnc(C)c3nn(Cc4nc5nc(Cl)ccc5[nH]4)cc23)c(Cl)cc1C. The van der Waals surface area contributed by atoms with Crippen molar-refractivity contribution in [2.24, 2.45) is 0 Å². The van der Waals surface area contributed by atoms with Crippen molar-refractivity contribution in [2.75, 3.05) is 7.11 Å². The highest BCUT2D eigenvalue weighted by molar-refractivity contribution is 6.34. The molecule has 1 aromatic carbocycles. The number of nitrogens with one attached hydrogen (secondary N) is 1. The molecule has 1 N–H and O–H groups in total. The van der Waals surface area contributed by atoms with Crippen molar-refractivity contribution in [3.05, 3.63) is 63.9 Å². The van der Waals surface area contributed by atoms with Gasteiger partial charge in [-0.3, -0.25) is 9.67 Å². The predicted molar refractivity (Wildman–Crippen MR) is 122 cm³/mol. The third kappa shape index (κ3) is 3.49. The number of hydrogen-bond donors (Lipinski definition) is 1. The third-order valence-corrected chi connectivity index (χ3v) is 5.75. The van der Waals surface area contributed by atoms with Gasteiger partial charge < -0.3 is 9.72 Å². The van der Waals surface area contributed by atoms with Crippen LogP contribution in [0.3, 0.4) is 0 Å². The Hall–Kier alpha value is -3.16. The minimum Gasteiger partial charge on any atom is -0.496 e. The van der Waals surface area contributed by atoms with Crippen molar-refractivity contribution < 1.29 is 4.74 Å². The Morgan fingerprint density at radius 3 is 2.74 bits per heavy atom. The number of aryl methyl sites for hydroxylation is 2. The number of methoxy groups -OCH3 is 1. The average Bonchev–Trinajstić information content (AvgIpc) is 3.33. The highest BCUT2D eigenvalue weighted by Crippen LogP contribution is 2.37. The number of ether oxygens (including phenoxy) is 1. The number of aromatic amines is 1. The summed E-state index contributed by atoms with van der Waals surface area (Å²) >= 11 is 12.6. The number of benzene rings is 1. The fourth-order valence-corrected chi connectivity index (χ4v) is 4.16. The van der Waals surface area contributed by atoms with Crippen LogP contribution in [0.2, 0.25) is 10.2 Å². The second-order valence-corrected chi connectivity index (χ2v) is 8.13. The van der Waals surface area contributed by atoms with Crippen molar-refractivity contribution >= 4 is 45.3 Å². The number of fused-ring (bicyclic) bond motifs is 2. The van der Waals surface area contributed by atoms with Gasteiger partial charge in [0.2, 0.25) is 0 Å². The van der Waals surface area contributed by atoms with Gasteiger partial charge in [-0.1, -0.05) is 23.2 Å². The second kappa shape index (κ2) is 7.51. The molecule has 7 nitrogen and oxygen atoms in total. The summed E-state index contributed by atoms with van der Waals surface area (Å²) in [6, 6.07) is 7.43. The lowest BCUT2D eigenvalue weighted by Crippen LogP contribution is -2.01. The smallest absolute Gasteiger partial charge is 0.179 e. The molecule has 0 saturated carbocycles. The first-order chi connectivity index (χ1) is 14.9. The number of H-pyrrole nitrogens is 1. The van der Waals surface area contributed by atoms with E-state index in [-0.39, 0.29) is 0 Å². The van der Waals surface area contributed by atoms with Crippen molar-refractivity contribution in [1.82, 2.24) is 29.7 Å². The molecule has 0 fully saturated rings. The maximum atomic E-state index is 6.58. The summed E-state index contributed by atoms with van der Waals surface area (Å²) in [6.45, 7) is 4.35.